The minimum absolute atomic E-state index is 0.256. The van der Waals surface area contributed by atoms with Crippen LogP contribution in [0.15, 0.2) is 30.3 Å². The lowest BCUT2D eigenvalue weighted by molar-refractivity contribution is -0.147. The number of carbonyl (C=O) groups excluding carboxylic acids is 1. The second-order valence-electron chi connectivity index (χ2n) is 4.26. The van der Waals surface area contributed by atoms with Crippen molar-refractivity contribution in [3.8, 4) is 0 Å². The van der Waals surface area contributed by atoms with E-state index in [9.17, 15) is 4.79 Å². The van der Waals surface area contributed by atoms with Crippen molar-refractivity contribution in [2.45, 2.75) is 25.8 Å². The van der Waals surface area contributed by atoms with Crippen LogP contribution in [-0.2, 0) is 20.7 Å². The van der Waals surface area contributed by atoms with Crippen molar-refractivity contribution >= 4 is 5.97 Å². The number of benzene rings is 1. The van der Waals surface area contributed by atoms with Crippen LogP contribution in [-0.4, -0.2) is 38.9 Å². The van der Waals surface area contributed by atoms with Gasteiger partial charge in [-0.2, -0.15) is 0 Å². The van der Waals surface area contributed by atoms with E-state index in [1.165, 1.54) is 5.56 Å². The van der Waals surface area contributed by atoms with E-state index in [4.69, 9.17) is 9.47 Å². The van der Waals surface area contributed by atoms with Gasteiger partial charge in [-0.3, -0.25) is 4.79 Å². The standard InChI is InChI=1S/C15H23NO3/c1-3-19-15(17)14(16-2)12-18-11-7-10-13-8-5-4-6-9-13/h4-6,8-9,14,16H,3,7,10-12H2,1-2H3. The van der Waals surface area contributed by atoms with Crippen molar-refractivity contribution in [3.63, 3.8) is 0 Å². The van der Waals surface area contributed by atoms with Crippen LogP contribution in [0.25, 0.3) is 0 Å². The fourth-order valence-corrected chi connectivity index (χ4v) is 1.74. The van der Waals surface area contributed by atoms with Gasteiger partial charge < -0.3 is 14.8 Å². The van der Waals surface area contributed by atoms with Crippen LogP contribution in [0.4, 0.5) is 0 Å². The highest BCUT2D eigenvalue weighted by molar-refractivity contribution is 5.75. The average molecular weight is 265 g/mol. The summed E-state index contributed by atoms with van der Waals surface area (Å²) in [5, 5.41) is 2.90. The summed E-state index contributed by atoms with van der Waals surface area (Å²) >= 11 is 0. The molecule has 1 atom stereocenters. The summed E-state index contributed by atoms with van der Waals surface area (Å²) in [6, 6.07) is 9.92. The summed E-state index contributed by atoms with van der Waals surface area (Å²) in [7, 11) is 1.73. The van der Waals surface area contributed by atoms with Gasteiger partial charge in [0.2, 0.25) is 0 Å². The average Bonchev–Trinajstić information content (AvgIpc) is 2.44. The van der Waals surface area contributed by atoms with Gasteiger partial charge in [-0.25, -0.2) is 0 Å². The van der Waals surface area contributed by atoms with E-state index in [-0.39, 0.29) is 12.0 Å². The maximum atomic E-state index is 11.5. The smallest absolute Gasteiger partial charge is 0.325 e. The number of nitrogens with one attached hydrogen (secondary N) is 1. The van der Waals surface area contributed by atoms with Gasteiger partial charge in [-0.1, -0.05) is 30.3 Å². The highest BCUT2D eigenvalue weighted by atomic mass is 16.5. The predicted octanol–water partition coefficient (Wildman–Crippen LogP) is 1.79. The van der Waals surface area contributed by atoms with Crippen molar-refractivity contribution in [3.05, 3.63) is 35.9 Å². The molecule has 1 unspecified atom stereocenters. The zero-order valence-electron chi connectivity index (χ0n) is 11.7. The number of carbonyl (C=O) groups is 1. The first-order valence-corrected chi connectivity index (χ1v) is 6.73. The Kier molecular flexibility index (Phi) is 7.86. The van der Waals surface area contributed by atoms with Crippen molar-refractivity contribution in [2.24, 2.45) is 0 Å². The highest BCUT2D eigenvalue weighted by Gasteiger charge is 2.17. The van der Waals surface area contributed by atoms with Crippen molar-refractivity contribution in [1.29, 1.82) is 0 Å². The molecule has 0 saturated carbocycles. The van der Waals surface area contributed by atoms with Crippen molar-refractivity contribution < 1.29 is 14.3 Å². The maximum absolute atomic E-state index is 11.5. The molecule has 1 N–H and O–H groups in total. The number of rotatable bonds is 9. The molecule has 0 fully saturated rings. The zero-order valence-corrected chi connectivity index (χ0v) is 11.7. The Morgan fingerprint density at radius 3 is 2.68 bits per heavy atom. The Morgan fingerprint density at radius 1 is 1.32 bits per heavy atom. The monoisotopic (exact) mass is 265 g/mol. The summed E-state index contributed by atoms with van der Waals surface area (Å²) in [5.41, 5.74) is 1.31. The van der Waals surface area contributed by atoms with E-state index in [0.717, 1.165) is 12.8 Å². The topological polar surface area (TPSA) is 47.6 Å². The lowest BCUT2D eigenvalue weighted by Gasteiger charge is -2.14. The second kappa shape index (κ2) is 9.53. The number of aryl methyl sites for hydroxylation is 1. The molecule has 0 aliphatic heterocycles. The van der Waals surface area contributed by atoms with E-state index < -0.39 is 0 Å². The lowest BCUT2D eigenvalue weighted by atomic mass is 10.1. The van der Waals surface area contributed by atoms with Crippen LogP contribution < -0.4 is 5.32 Å². The van der Waals surface area contributed by atoms with Gasteiger partial charge in [-0.05, 0) is 32.4 Å². The van der Waals surface area contributed by atoms with Crippen LogP contribution in [0, 0.1) is 0 Å². The molecule has 1 rings (SSSR count). The van der Waals surface area contributed by atoms with Crippen LogP contribution in [0.5, 0.6) is 0 Å². The first-order chi connectivity index (χ1) is 9.27. The normalized spacial score (nSPS) is 12.1. The van der Waals surface area contributed by atoms with Crippen molar-refractivity contribution in [1.82, 2.24) is 5.32 Å². The van der Waals surface area contributed by atoms with Gasteiger partial charge in [0.25, 0.3) is 0 Å². The summed E-state index contributed by atoms with van der Waals surface area (Å²) in [4.78, 5) is 11.5. The SMILES string of the molecule is CCOC(=O)C(COCCCc1ccccc1)NC. The largest absolute Gasteiger partial charge is 0.465 e. The number of hydrogen-bond acceptors (Lipinski definition) is 4. The molecular weight excluding hydrogens is 242 g/mol. The number of esters is 1. The van der Waals surface area contributed by atoms with Crippen LogP contribution in [0.3, 0.4) is 0 Å². The maximum Gasteiger partial charge on any atom is 0.325 e. The minimum Gasteiger partial charge on any atom is -0.465 e. The highest BCUT2D eigenvalue weighted by Crippen LogP contribution is 2.02. The third-order valence-electron chi connectivity index (χ3n) is 2.80. The van der Waals surface area contributed by atoms with Gasteiger partial charge in [0.1, 0.15) is 6.04 Å². The molecule has 0 radical (unpaired) electrons. The van der Waals surface area contributed by atoms with Gasteiger partial charge in [0.05, 0.1) is 13.2 Å². The Bertz CT molecular complexity index is 354. The molecular formula is C15H23NO3. The molecule has 0 amide bonds. The molecule has 106 valence electrons. The lowest BCUT2D eigenvalue weighted by Crippen LogP contribution is -2.39. The van der Waals surface area contributed by atoms with Gasteiger partial charge >= 0.3 is 5.97 Å². The summed E-state index contributed by atoms with van der Waals surface area (Å²) in [6.07, 6.45) is 1.94. The van der Waals surface area contributed by atoms with Crippen LogP contribution in [0.1, 0.15) is 18.9 Å². The summed E-state index contributed by atoms with van der Waals surface area (Å²) in [6.45, 7) is 3.19. The van der Waals surface area contributed by atoms with E-state index in [2.05, 4.69) is 17.4 Å². The van der Waals surface area contributed by atoms with Gasteiger partial charge in [0.15, 0.2) is 0 Å². The molecule has 1 aromatic rings. The molecule has 0 aromatic heterocycles. The zero-order chi connectivity index (χ0) is 13.9. The Balaban J connectivity index is 2.14. The first-order valence-electron chi connectivity index (χ1n) is 6.73. The number of likely N-dealkylation sites (N-methyl/N-ethyl adjacent to an activating group) is 1. The van der Waals surface area contributed by atoms with Crippen LogP contribution in [0.2, 0.25) is 0 Å². The second-order valence-corrected chi connectivity index (χ2v) is 4.26. The fourth-order valence-electron chi connectivity index (χ4n) is 1.74. The van der Waals surface area contributed by atoms with Crippen molar-refractivity contribution in [2.75, 3.05) is 26.9 Å². The number of ether oxygens (including phenoxy) is 2. The van der Waals surface area contributed by atoms with Gasteiger partial charge in [-0.15, -0.1) is 0 Å². The van der Waals surface area contributed by atoms with Crippen LogP contribution >= 0.6 is 0 Å². The molecule has 0 bridgehead atoms. The summed E-state index contributed by atoms with van der Waals surface area (Å²) < 4.78 is 10.5. The molecule has 1 aromatic carbocycles. The predicted molar refractivity (Wildman–Crippen MR) is 75.1 cm³/mol. The minimum atomic E-state index is -0.378. The third kappa shape index (κ3) is 6.36. The molecule has 0 aliphatic carbocycles. The molecule has 0 heterocycles. The van der Waals surface area contributed by atoms with E-state index in [1.807, 2.05) is 18.2 Å². The first kappa shape index (κ1) is 15.7. The quantitative estimate of drug-likeness (QED) is 0.546. The Hall–Kier alpha value is -1.39. The molecule has 0 saturated heterocycles. The Morgan fingerprint density at radius 2 is 2.05 bits per heavy atom. The Labute approximate surface area is 115 Å². The molecule has 4 nitrogen and oxygen atoms in total. The molecule has 4 heteroatoms. The van der Waals surface area contributed by atoms with Gasteiger partial charge in [0, 0.05) is 6.61 Å². The fraction of sp³-hybridized carbons (Fsp3) is 0.533. The van der Waals surface area contributed by atoms with E-state index in [0.29, 0.717) is 19.8 Å². The molecule has 0 spiro atoms. The third-order valence-corrected chi connectivity index (χ3v) is 2.80. The molecule has 19 heavy (non-hydrogen) atoms. The van der Waals surface area contributed by atoms with E-state index in [1.54, 1.807) is 14.0 Å². The summed E-state index contributed by atoms with van der Waals surface area (Å²) in [5.74, 6) is -0.256. The number of hydrogen-bond donors (Lipinski definition) is 1. The molecule has 0 aliphatic rings. The van der Waals surface area contributed by atoms with E-state index >= 15 is 0 Å².